The van der Waals surface area contributed by atoms with Crippen molar-refractivity contribution in [3.8, 4) is 0 Å². The van der Waals surface area contributed by atoms with E-state index in [2.05, 4.69) is 22.0 Å². The van der Waals surface area contributed by atoms with Crippen LogP contribution in [0.15, 0.2) is 22.7 Å². The quantitative estimate of drug-likeness (QED) is 0.771. The van der Waals surface area contributed by atoms with E-state index in [1.165, 1.54) is 32.1 Å². The predicted molar refractivity (Wildman–Crippen MR) is 90.6 cm³/mol. The molecule has 0 radical (unpaired) electrons. The molecule has 1 aliphatic heterocycles. The SMILES string of the molecule is NC(c1ccc(Cl)cc1Br)C1CCOC2(CCCCC2)C1. The standard InChI is InChI=1S/C17H23BrClNO/c18-15-10-13(19)4-5-14(15)16(20)12-6-9-21-17(11-12)7-2-1-3-8-17/h4-5,10,12,16H,1-3,6-9,11,20H2. The van der Waals surface area contributed by atoms with Gasteiger partial charge < -0.3 is 10.5 Å². The molecule has 1 aliphatic carbocycles. The van der Waals surface area contributed by atoms with Crippen molar-refractivity contribution in [2.75, 3.05) is 6.61 Å². The minimum absolute atomic E-state index is 0.0549. The van der Waals surface area contributed by atoms with E-state index in [1.54, 1.807) is 0 Å². The maximum Gasteiger partial charge on any atom is 0.0685 e. The largest absolute Gasteiger partial charge is 0.375 e. The number of hydrogen-bond donors (Lipinski definition) is 1. The second-order valence-corrected chi connectivity index (χ2v) is 7.83. The molecule has 2 N–H and O–H groups in total. The van der Waals surface area contributed by atoms with Gasteiger partial charge in [-0.15, -0.1) is 0 Å². The van der Waals surface area contributed by atoms with E-state index in [9.17, 15) is 0 Å². The summed E-state index contributed by atoms with van der Waals surface area (Å²) in [7, 11) is 0. The van der Waals surface area contributed by atoms with Crippen molar-refractivity contribution in [3.05, 3.63) is 33.3 Å². The Kier molecular flexibility index (Phi) is 4.94. The molecule has 2 nitrogen and oxygen atoms in total. The highest BCUT2D eigenvalue weighted by molar-refractivity contribution is 9.10. The fraction of sp³-hybridized carbons (Fsp3) is 0.647. The van der Waals surface area contributed by atoms with E-state index in [0.717, 1.165) is 34.5 Å². The van der Waals surface area contributed by atoms with Gasteiger partial charge in [-0.3, -0.25) is 0 Å². The van der Waals surface area contributed by atoms with Gasteiger partial charge >= 0.3 is 0 Å². The average Bonchev–Trinajstić information content (AvgIpc) is 2.47. The molecule has 2 atom stereocenters. The normalized spacial score (nSPS) is 26.7. The van der Waals surface area contributed by atoms with Crippen LogP contribution >= 0.6 is 27.5 Å². The van der Waals surface area contributed by atoms with Crippen LogP contribution in [0.2, 0.25) is 5.02 Å². The summed E-state index contributed by atoms with van der Waals surface area (Å²) in [6, 6.07) is 5.98. The van der Waals surface area contributed by atoms with Gasteiger partial charge in [-0.25, -0.2) is 0 Å². The molecule has 116 valence electrons. The van der Waals surface area contributed by atoms with Gasteiger partial charge in [0.2, 0.25) is 0 Å². The monoisotopic (exact) mass is 371 g/mol. The molecule has 4 heteroatoms. The highest BCUT2D eigenvalue weighted by Crippen LogP contribution is 2.44. The van der Waals surface area contributed by atoms with Crippen LogP contribution < -0.4 is 5.73 Å². The van der Waals surface area contributed by atoms with Gasteiger partial charge in [-0.2, -0.15) is 0 Å². The third-order valence-electron chi connectivity index (χ3n) is 5.13. The number of ether oxygens (including phenoxy) is 1. The van der Waals surface area contributed by atoms with Gasteiger partial charge in [0, 0.05) is 22.1 Å². The number of hydrogen-bond acceptors (Lipinski definition) is 2. The van der Waals surface area contributed by atoms with Crippen LogP contribution in [0.1, 0.15) is 56.6 Å². The minimum Gasteiger partial charge on any atom is -0.375 e. The fourth-order valence-corrected chi connectivity index (χ4v) is 4.89. The van der Waals surface area contributed by atoms with E-state index in [1.807, 2.05) is 12.1 Å². The van der Waals surface area contributed by atoms with E-state index in [4.69, 9.17) is 22.1 Å². The molecule has 0 aromatic heterocycles. The summed E-state index contributed by atoms with van der Waals surface area (Å²) >= 11 is 9.64. The molecule has 0 bridgehead atoms. The van der Waals surface area contributed by atoms with Crippen LogP contribution in [-0.2, 0) is 4.74 Å². The molecular weight excluding hydrogens is 350 g/mol. The maximum atomic E-state index is 6.58. The molecule has 1 saturated heterocycles. The molecule has 3 rings (SSSR count). The van der Waals surface area contributed by atoms with Crippen LogP contribution in [0, 0.1) is 5.92 Å². The molecule has 1 spiro atoms. The Hall–Kier alpha value is -0.0900. The van der Waals surface area contributed by atoms with Crippen LogP contribution in [0.5, 0.6) is 0 Å². The molecule has 1 aromatic rings. The van der Waals surface area contributed by atoms with Crippen LogP contribution in [0.3, 0.4) is 0 Å². The maximum absolute atomic E-state index is 6.58. The molecule has 21 heavy (non-hydrogen) atoms. The molecular formula is C17H23BrClNO. The zero-order valence-corrected chi connectivity index (χ0v) is 14.6. The fourth-order valence-electron chi connectivity index (χ4n) is 3.94. The Morgan fingerprint density at radius 2 is 2.05 bits per heavy atom. The van der Waals surface area contributed by atoms with E-state index < -0.39 is 0 Å². The summed E-state index contributed by atoms with van der Waals surface area (Å²) in [6.45, 7) is 0.851. The summed E-state index contributed by atoms with van der Waals surface area (Å²) in [6.07, 6.45) is 8.51. The number of halogens is 2. The summed E-state index contributed by atoms with van der Waals surface area (Å²) in [4.78, 5) is 0. The second-order valence-electron chi connectivity index (χ2n) is 6.54. The molecule has 1 heterocycles. The first-order chi connectivity index (χ1) is 10.1. The van der Waals surface area contributed by atoms with E-state index >= 15 is 0 Å². The van der Waals surface area contributed by atoms with Crippen molar-refractivity contribution >= 4 is 27.5 Å². The lowest BCUT2D eigenvalue weighted by atomic mass is 9.73. The summed E-state index contributed by atoms with van der Waals surface area (Å²) < 4.78 is 7.20. The van der Waals surface area contributed by atoms with Crippen molar-refractivity contribution < 1.29 is 4.74 Å². The van der Waals surface area contributed by atoms with E-state index in [-0.39, 0.29) is 11.6 Å². The van der Waals surface area contributed by atoms with Gasteiger partial charge in [0.15, 0.2) is 0 Å². The van der Waals surface area contributed by atoms with Gasteiger partial charge in [-0.1, -0.05) is 52.9 Å². The zero-order valence-electron chi connectivity index (χ0n) is 12.3. The Morgan fingerprint density at radius 1 is 1.29 bits per heavy atom. The zero-order chi connectivity index (χ0) is 14.9. The lowest BCUT2D eigenvalue weighted by molar-refractivity contribution is -0.120. The predicted octanol–water partition coefficient (Wildman–Crippen LogP) is 5.23. The molecule has 2 aliphatic rings. The third-order valence-corrected chi connectivity index (χ3v) is 6.05. The number of rotatable bonds is 2. The first-order valence-electron chi connectivity index (χ1n) is 7.94. The molecule has 1 saturated carbocycles. The van der Waals surface area contributed by atoms with Gasteiger partial charge in [-0.05, 0) is 49.3 Å². The lowest BCUT2D eigenvalue weighted by Crippen LogP contribution is -2.44. The summed E-state index contributed by atoms with van der Waals surface area (Å²) in [5.41, 5.74) is 7.85. The topological polar surface area (TPSA) is 35.2 Å². The highest BCUT2D eigenvalue weighted by Gasteiger charge is 2.40. The second kappa shape index (κ2) is 6.57. The number of benzene rings is 1. The van der Waals surface area contributed by atoms with Gasteiger partial charge in [0.25, 0.3) is 0 Å². The smallest absolute Gasteiger partial charge is 0.0685 e. The highest BCUT2D eigenvalue weighted by atomic mass is 79.9. The summed E-state index contributed by atoms with van der Waals surface area (Å²) in [5.74, 6) is 0.495. The van der Waals surface area contributed by atoms with Crippen LogP contribution in [0.25, 0.3) is 0 Å². The van der Waals surface area contributed by atoms with Crippen molar-refractivity contribution in [1.29, 1.82) is 0 Å². The van der Waals surface area contributed by atoms with Crippen LogP contribution in [-0.4, -0.2) is 12.2 Å². The van der Waals surface area contributed by atoms with Crippen LogP contribution in [0.4, 0.5) is 0 Å². The Bertz CT molecular complexity index is 496. The Labute approximate surface area is 140 Å². The first kappa shape index (κ1) is 15.8. The molecule has 2 unspecified atom stereocenters. The average molecular weight is 373 g/mol. The Balaban J connectivity index is 1.76. The third kappa shape index (κ3) is 3.47. The molecule has 2 fully saturated rings. The molecule has 1 aromatic carbocycles. The van der Waals surface area contributed by atoms with Crippen molar-refractivity contribution in [2.24, 2.45) is 11.7 Å². The number of nitrogens with two attached hydrogens (primary N) is 1. The lowest BCUT2D eigenvalue weighted by Gasteiger charge is -2.45. The van der Waals surface area contributed by atoms with Crippen molar-refractivity contribution in [3.63, 3.8) is 0 Å². The Morgan fingerprint density at radius 3 is 2.76 bits per heavy atom. The molecule has 0 amide bonds. The van der Waals surface area contributed by atoms with Crippen molar-refractivity contribution in [1.82, 2.24) is 0 Å². The summed E-state index contributed by atoms with van der Waals surface area (Å²) in [5, 5.41) is 0.744. The van der Waals surface area contributed by atoms with Gasteiger partial charge in [0.05, 0.1) is 5.60 Å². The van der Waals surface area contributed by atoms with E-state index in [0.29, 0.717) is 5.92 Å². The van der Waals surface area contributed by atoms with Crippen molar-refractivity contribution in [2.45, 2.75) is 56.6 Å². The first-order valence-corrected chi connectivity index (χ1v) is 9.11. The van der Waals surface area contributed by atoms with Gasteiger partial charge in [0.1, 0.15) is 0 Å². The minimum atomic E-state index is 0.0549.